The second kappa shape index (κ2) is 6.90. The fourth-order valence-corrected chi connectivity index (χ4v) is 2.60. The Kier molecular flexibility index (Phi) is 5.18. The number of hydrogen-bond acceptors (Lipinski definition) is 2. The highest BCUT2D eigenvalue weighted by atomic mass is 127. The zero-order chi connectivity index (χ0) is 15.4. The molecule has 108 valence electrons. The number of carbonyl (C=O) groups excluding carboxylic acids is 2. The van der Waals surface area contributed by atoms with Crippen molar-refractivity contribution < 1.29 is 9.59 Å². The van der Waals surface area contributed by atoms with Crippen molar-refractivity contribution in [2.75, 3.05) is 10.6 Å². The maximum atomic E-state index is 12.3. The lowest BCUT2D eigenvalue weighted by Gasteiger charge is -2.09. The molecule has 7 heteroatoms. The zero-order valence-corrected chi connectivity index (χ0v) is 14.4. The Morgan fingerprint density at radius 3 is 2.38 bits per heavy atom. The van der Waals surface area contributed by atoms with E-state index in [4.69, 9.17) is 5.73 Å². The molecule has 0 heterocycles. The fourth-order valence-electron chi connectivity index (χ4n) is 1.69. The Morgan fingerprint density at radius 2 is 1.71 bits per heavy atom. The van der Waals surface area contributed by atoms with Crippen LogP contribution in [-0.4, -0.2) is 11.9 Å². The molecule has 2 rings (SSSR count). The van der Waals surface area contributed by atoms with Crippen molar-refractivity contribution in [2.24, 2.45) is 5.73 Å². The summed E-state index contributed by atoms with van der Waals surface area (Å²) in [7, 11) is 0. The summed E-state index contributed by atoms with van der Waals surface area (Å²) in [5.41, 5.74) is 6.68. The van der Waals surface area contributed by atoms with Crippen LogP contribution in [0.2, 0.25) is 0 Å². The van der Waals surface area contributed by atoms with Gasteiger partial charge in [0.05, 0.1) is 5.56 Å². The summed E-state index contributed by atoms with van der Waals surface area (Å²) in [6.07, 6.45) is 0. The number of primary amides is 1. The minimum Gasteiger partial charge on any atom is -0.351 e. The van der Waals surface area contributed by atoms with Crippen LogP contribution < -0.4 is 16.4 Å². The lowest BCUT2D eigenvalue weighted by molar-refractivity contribution is 0.102. The molecule has 0 aromatic heterocycles. The third-order valence-corrected chi connectivity index (χ3v) is 3.92. The Labute approximate surface area is 143 Å². The monoisotopic (exact) mass is 459 g/mol. The van der Waals surface area contributed by atoms with Gasteiger partial charge < -0.3 is 16.4 Å². The van der Waals surface area contributed by atoms with Crippen molar-refractivity contribution >= 4 is 61.8 Å². The van der Waals surface area contributed by atoms with Crippen molar-refractivity contribution in [3.8, 4) is 0 Å². The van der Waals surface area contributed by atoms with E-state index in [2.05, 4.69) is 49.2 Å². The smallest absolute Gasteiger partial charge is 0.316 e. The first kappa shape index (κ1) is 15.8. The summed E-state index contributed by atoms with van der Waals surface area (Å²) >= 11 is 5.50. The maximum Gasteiger partial charge on any atom is 0.316 e. The van der Waals surface area contributed by atoms with Gasteiger partial charge in [-0.3, -0.25) is 4.79 Å². The maximum absolute atomic E-state index is 12.3. The number of halogens is 2. The first-order valence-corrected chi connectivity index (χ1v) is 7.76. The molecular weight excluding hydrogens is 449 g/mol. The van der Waals surface area contributed by atoms with E-state index in [9.17, 15) is 9.59 Å². The van der Waals surface area contributed by atoms with E-state index in [1.54, 1.807) is 30.3 Å². The molecule has 2 aromatic rings. The molecule has 0 unspecified atom stereocenters. The molecule has 0 fully saturated rings. The van der Waals surface area contributed by atoms with Crippen LogP contribution in [0.15, 0.2) is 46.9 Å². The minimum atomic E-state index is -0.654. The first-order valence-electron chi connectivity index (χ1n) is 5.88. The third kappa shape index (κ3) is 4.43. The predicted molar refractivity (Wildman–Crippen MR) is 94.5 cm³/mol. The lowest BCUT2D eigenvalue weighted by Crippen LogP contribution is -2.19. The number of amides is 3. The van der Waals surface area contributed by atoms with Crippen molar-refractivity contribution in [3.05, 3.63) is 56.1 Å². The highest BCUT2D eigenvalue weighted by Crippen LogP contribution is 2.22. The lowest BCUT2D eigenvalue weighted by atomic mass is 10.2. The molecule has 0 aliphatic heterocycles. The van der Waals surface area contributed by atoms with E-state index in [0.29, 0.717) is 21.4 Å². The first-order chi connectivity index (χ1) is 9.95. The van der Waals surface area contributed by atoms with E-state index in [-0.39, 0.29) is 5.91 Å². The van der Waals surface area contributed by atoms with Gasteiger partial charge in [-0.15, -0.1) is 0 Å². The van der Waals surface area contributed by atoms with Crippen molar-refractivity contribution in [3.63, 3.8) is 0 Å². The summed E-state index contributed by atoms with van der Waals surface area (Å²) in [5, 5.41) is 5.23. The van der Waals surface area contributed by atoms with Crippen LogP contribution in [0.4, 0.5) is 16.2 Å². The Morgan fingerprint density at radius 1 is 1.05 bits per heavy atom. The molecule has 0 saturated heterocycles. The average Bonchev–Trinajstić information content (AvgIpc) is 2.41. The van der Waals surface area contributed by atoms with Gasteiger partial charge in [0.1, 0.15) is 0 Å². The van der Waals surface area contributed by atoms with E-state index in [1.165, 1.54) is 0 Å². The second-order valence-electron chi connectivity index (χ2n) is 4.15. The van der Waals surface area contributed by atoms with Gasteiger partial charge in [-0.1, -0.05) is 6.07 Å². The Bertz CT molecular complexity index is 706. The number of anilines is 2. The standard InChI is InChI=1S/C14H11BrIN3O2/c15-12-5-4-8(16)6-11(12)13(20)18-9-2-1-3-10(7-9)19-14(17)21/h1-7H,(H,18,20)(H3,17,19,21). The predicted octanol–water partition coefficient (Wildman–Crippen LogP) is 3.80. The zero-order valence-electron chi connectivity index (χ0n) is 10.7. The van der Waals surface area contributed by atoms with Gasteiger partial charge in [0.2, 0.25) is 0 Å². The second-order valence-corrected chi connectivity index (χ2v) is 6.25. The topological polar surface area (TPSA) is 84.2 Å². The largest absolute Gasteiger partial charge is 0.351 e. The molecule has 0 saturated carbocycles. The number of carbonyl (C=O) groups is 2. The molecule has 0 aliphatic rings. The molecule has 21 heavy (non-hydrogen) atoms. The van der Waals surface area contributed by atoms with E-state index < -0.39 is 6.03 Å². The van der Waals surface area contributed by atoms with Crippen LogP contribution in [0.1, 0.15) is 10.4 Å². The molecule has 0 aliphatic carbocycles. The average molecular weight is 460 g/mol. The SMILES string of the molecule is NC(=O)Nc1cccc(NC(=O)c2cc(I)ccc2Br)c1. The number of hydrogen-bond donors (Lipinski definition) is 3. The van der Waals surface area contributed by atoms with Gasteiger partial charge in [0.25, 0.3) is 5.91 Å². The van der Waals surface area contributed by atoms with Gasteiger partial charge >= 0.3 is 6.03 Å². The summed E-state index contributed by atoms with van der Waals surface area (Å²) < 4.78 is 1.68. The van der Waals surface area contributed by atoms with Gasteiger partial charge in [0, 0.05) is 19.4 Å². The van der Waals surface area contributed by atoms with Gasteiger partial charge in [-0.2, -0.15) is 0 Å². The van der Waals surface area contributed by atoms with E-state index in [0.717, 1.165) is 3.57 Å². The molecule has 0 radical (unpaired) electrons. The Hall–Kier alpha value is -1.61. The molecular formula is C14H11BrIN3O2. The number of nitrogens with one attached hydrogen (secondary N) is 2. The highest BCUT2D eigenvalue weighted by Gasteiger charge is 2.11. The molecule has 0 atom stereocenters. The molecule has 5 nitrogen and oxygen atoms in total. The van der Waals surface area contributed by atoms with Crippen LogP contribution in [0.5, 0.6) is 0 Å². The van der Waals surface area contributed by atoms with Gasteiger partial charge in [-0.05, 0) is 74.9 Å². The number of nitrogens with two attached hydrogens (primary N) is 1. The van der Waals surface area contributed by atoms with Crippen LogP contribution >= 0.6 is 38.5 Å². The summed E-state index contributed by atoms with van der Waals surface area (Å²) in [5.74, 6) is -0.239. The van der Waals surface area contributed by atoms with Crippen molar-refractivity contribution in [1.82, 2.24) is 0 Å². The number of urea groups is 1. The van der Waals surface area contributed by atoms with Crippen LogP contribution in [0.25, 0.3) is 0 Å². The molecule has 0 bridgehead atoms. The minimum absolute atomic E-state index is 0.239. The Balaban J connectivity index is 2.19. The highest BCUT2D eigenvalue weighted by molar-refractivity contribution is 14.1. The molecule has 0 spiro atoms. The van der Waals surface area contributed by atoms with Gasteiger partial charge in [0.15, 0.2) is 0 Å². The summed E-state index contributed by atoms with van der Waals surface area (Å²) in [6.45, 7) is 0. The van der Waals surface area contributed by atoms with Crippen LogP contribution in [-0.2, 0) is 0 Å². The van der Waals surface area contributed by atoms with Crippen LogP contribution in [0, 0.1) is 3.57 Å². The fraction of sp³-hybridized carbons (Fsp3) is 0. The molecule has 2 aromatic carbocycles. The number of rotatable bonds is 3. The van der Waals surface area contributed by atoms with Gasteiger partial charge in [-0.25, -0.2) is 4.79 Å². The van der Waals surface area contributed by atoms with Crippen molar-refractivity contribution in [1.29, 1.82) is 0 Å². The molecule has 4 N–H and O–H groups in total. The van der Waals surface area contributed by atoms with E-state index >= 15 is 0 Å². The molecule has 3 amide bonds. The summed E-state index contributed by atoms with van der Waals surface area (Å²) in [6, 6.07) is 11.6. The normalized spacial score (nSPS) is 10.0. The van der Waals surface area contributed by atoms with Crippen LogP contribution in [0.3, 0.4) is 0 Å². The van der Waals surface area contributed by atoms with E-state index in [1.807, 2.05) is 12.1 Å². The quantitative estimate of drug-likeness (QED) is 0.610. The number of benzene rings is 2. The third-order valence-electron chi connectivity index (χ3n) is 2.56. The van der Waals surface area contributed by atoms with Crippen molar-refractivity contribution in [2.45, 2.75) is 0 Å². The summed E-state index contributed by atoms with van der Waals surface area (Å²) in [4.78, 5) is 23.1.